The van der Waals surface area contributed by atoms with Crippen molar-refractivity contribution in [1.29, 1.82) is 0 Å². The van der Waals surface area contributed by atoms with Gasteiger partial charge in [0.15, 0.2) is 0 Å². The summed E-state index contributed by atoms with van der Waals surface area (Å²) >= 11 is 1.40. The smallest absolute Gasteiger partial charge is 0.346 e. The summed E-state index contributed by atoms with van der Waals surface area (Å²) in [5, 5.41) is 13.8. The molecular formula is C27H26N2O5S. The Bertz CT molecular complexity index is 1400. The van der Waals surface area contributed by atoms with Crippen molar-refractivity contribution in [2.45, 2.75) is 26.3 Å². The number of nitrogens with zero attached hydrogens (tertiary/aromatic N) is 2. The minimum Gasteiger partial charge on any atom is -0.507 e. The van der Waals surface area contributed by atoms with Crippen molar-refractivity contribution in [3.8, 4) is 27.6 Å². The Labute approximate surface area is 206 Å². The summed E-state index contributed by atoms with van der Waals surface area (Å²) in [5.41, 5.74) is 2.66. The molecule has 0 unspecified atom stereocenters. The number of aromatic nitrogens is 1. The van der Waals surface area contributed by atoms with Crippen molar-refractivity contribution in [2.24, 2.45) is 5.92 Å². The molecule has 3 heterocycles. The number of rotatable bonds is 6. The lowest BCUT2D eigenvalue weighted by Crippen LogP contribution is -2.36. The standard InChI is InChI=1S/C27H26N2O5S/c1-2-33-26(31)18-10-12-29(13-11-18)15-21-23(30)9-8-19-14-20(27(32)34-24(19)21)25-28-22(16-35-25)17-6-4-3-5-7-17/h3-9,14,16,18,30H,2,10-13,15H2,1H3. The summed E-state index contributed by atoms with van der Waals surface area (Å²) in [6.07, 6.45) is 1.40. The maximum absolute atomic E-state index is 13.0. The van der Waals surface area contributed by atoms with Crippen molar-refractivity contribution in [3.05, 3.63) is 69.9 Å². The van der Waals surface area contributed by atoms with Crippen LogP contribution in [0, 0.1) is 5.92 Å². The lowest BCUT2D eigenvalue weighted by atomic mass is 9.96. The fraction of sp³-hybridized carbons (Fsp3) is 0.296. The van der Waals surface area contributed by atoms with Crippen LogP contribution in [0.25, 0.3) is 32.8 Å². The van der Waals surface area contributed by atoms with Crippen LogP contribution >= 0.6 is 11.3 Å². The molecule has 0 radical (unpaired) electrons. The SMILES string of the molecule is CCOC(=O)C1CCN(Cc2c(O)ccc3cc(-c4nc(-c5ccccc5)cs4)c(=O)oc23)CC1. The molecule has 2 aromatic carbocycles. The van der Waals surface area contributed by atoms with Crippen LogP contribution in [-0.4, -0.2) is 40.7 Å². The van der Waals surface area contributed by atoms with E-state index in [0.29, 0.717) is 60.8 Å². The summed E-state index contributed by atoms with van der Waals surface area (Å²) in [6, 6.07) is 15.0. The first-order valence-electron chi connectivity index (χ1n) is 11.7. The number of hydrogen-bond acceptors (Lipinski definition) is 8. The molecule has 0 spiro atoms. The van der Waals surface area contributed by atoms with E-state index in [1.165, 1.54) is 11.3 Å². The van der Waals surface area contributed by atoms with E-state index in [2.05, 4.69) is 9.88 Å². The van der Waals surface area contributed by atoms with Crippen LogP contribution in [0.2, 0.25) is 0 Å². The minimum atomic E-state index is -0.487. The number of hydrogen-bond donors (Lipinski definition) is 1. The van der Waals surface area contributed by atoms with E-state index in [-0.39, 0.29) is 17.6 Å². The van der Waals surface area contributed by atoms with Gasteiger partial charge in [-0.15, -0.1) is 11.3 Å². The van der Waals surface area contributed by atoms with E-state index in [1.54, 1.807) is 18.2 Å². The number of carbonyl (C=O) groups excluding carboxylic acids is 1. The van der Waals surface area contributed by atoms with Crippen molar-refractivity contribution in [1.82, 2.24) is 9.88 Å². The van der Waals surface area contributed by atoms with Gasteiger partial charge in [0.25, 0.3) is 0 Å². The highest BCUT2D eigenvalue weighted by atomic mass is 32.1. The molecule has 1 saturated heterocycles. The first-order valence-corrected chi connectivity index (χ1v) is 12.6. The third-order valence-electron chi connectivity index (χ3n) is 6.37. The molecule has 1 fully saturated rings. The zero-order chi connectivity index (χ0) is 24.4. The summed E-state index contributed by atoms with van der Waals surface area (Å²) in [6.45, 7) is 4.02. The van der Waals surface area contributed by atoms with Crippen LogP contribution in [0.1, 0.15) is 25.3 Å². The van der Waals surface area contributed by atoms with Gasteiger partial charge < -0.3 is 14.3 Å². The summed E-state index contributed by atoms with van der Waals surface area (Å²) in [4.78, 5) is 31.8. The van der Waals surface area contributed by atoms with Crippen LogP contribution in [0.5, 0.6) is 5.75 Å². The fourth-order valence-electron chi connectivity index (χ4n) is 4.48. The number of esters is 1. The number of likely N-dealkylation sites (tertiary alicyclic amines) is 1. The fourth-order valence-corrected chi connectivity index (χ4v) is 5.32. The third-order valence-corrected chi connectivity index (χ3v) is 7.25. The molecule has 2 aromatic heterocycles. The molecule has 5 rings (SSSR count). The van der Waals surface area contributed by atoms with Gasteiger partial charge in [0.1, 0.15) is 16.3 Å². The Morgan fingerprint density at radius 1 is 1.20 bits per heavy atom. The monoisotopic (exact) mass is 490 g/mol. The molecule has 0 aliphatic carbocycles. The molecule has 180 valence electrons. The number of phenols is 1. The van der Waals surface area contributed by atoms with Crippen molar-refractivity contribution < 1.29 is 19.1 Å². The summed E-state index contributed by atoms with van der Waals surface area (Å²) in [5.74, 6) is -0.148. The van der Waals surface area contributed by atoms with Crippen LogP contribution in [-0.2, 0) is 16.1 Å². The zero-order valence-corrected chi connectivity index (χ0v) is 20.2. The molecule has 0 saturated carbocycles. The first kappa shape index (κ1) is 23.3. The topological polar surface area (TPSA) is 92.9 Å². The summed E-state index contributed by atoms with van der Waals surface area (Å²) in [7, 11) is 0. The predicted octanol–water partition coefficient (Wildman–Crippen LogP) is 5.06. The molecule has 0 atom stereocenters. The molecule has 0 amide bonds. The Morgan fingerprint density at radius 2 is 1.97 bits per heavy atom. The number of fused-ring (bicyclic) bond motifs is 1. The van der Waals surface area contributed by atoms with E-state index in [4.69, 9.17) is 9.15 Å². The normalized spacial score (nSPS) is 14.9. The van der Waals surface area contributed by atoms with E-state index in [1.807, 2.05) is 42.6 Å². The number of ether oxygens (including phenoxy) is 1. The molecule has 8 heteroatoms. The number of carbonyl (C=O) groups is 1. The van der Waals surface area contributed by atoms with Crippen LogP contribution < -0.4 is 5.63 Å². The Hall–Kier alpha value is -3.49. The molecule has 1 aliphatic heterocycles. The molecule has 0 bridgehead atoms. The van der Waals surface area contributed by atoms with Crippen LogP contribution in [0.3, 0.4) is 0 Å². The van der Waals surface area contributed by atoms with Gasteiger partial charge in [0.2, 0.25) is 0 Å². The second kappa shape index (κ2) is 10.0. The highest BCUT2D eigenvalue weighted by Crippen LogP contribution is 2.33. The van der Waals surface area contributed by atoms with E-state index in [0.717, 1.165) is 16.6 Å². The molecule has 4 aromatic rings. The van der Waals surface area contributed by atoms with Gasteiger partial charge in [0.05, 0.1) is 29.3 Å². The minimum absolute atomic E-state index is 0.0847. The van der Waals surface area contributed by atoms with Gasteiger partial charge in [-0.3, -0.25) is 9.69 Å². The first-order chi connectivity index (χ1) is 17.0. The van der Waals surface area contributed by atoms with Gasteiger partial charge in [-0.05, 0) is 51.1 Å². The Balaban J connectivity index is 1.40. The quantitative estimate of drug-likeness (QED) is 0.298. The van der Waals surface area contributed by atoms with E-state index in [9.17, 15) is 14.7 Å². The molecule has 1 N–H and O–H groups in total. The number of piperidine rings is 1. The van der Waals surface area contributed by atoms with Crippen molar-refractivity contribution >= 4 is 28.3 Å². The van der Waals surface area contributed by atoms with Crippen LogP contribution in [0.15, 0.2) is 63.1 Å². The second-order valence-electron chi connectivity index (χ2n) is 8.64. The van der Waals surface area contributed by atoms with Crippen molar-refractivity contribution in [2.75, 3.05) is 19.7 Å². The van der Waals surface area contributed by atoms with Gasteiger partial charge in [-0.25, -0.2) is 9.78 Å². The third kappa shape index (κ3) is 4.85. The Kier molecular flexibility index (Phi) is 6.66. The van der Waals surface area contributed by atoms with E-state index >= 15 is 0 Å². The molecule has 35 heavy (non-hydrogen) atoms. The average molecular weight is 491 g/mol. The molecular weight excluding hydrogens is 464 g/mol. The number of benzene rings is 2. The van der Waals surface area contributed by atoms with Crippen LogP contribution in [0.4, 0.5) is 0 Å². The Morgan fingerprint density at radius 3 is 2.71 bits per heavy atom. The van der Waals surface area contributed by atoms with Crippen molar-refractivity contribution in [3.63, 3.8) is 0 Å². The molecule has 1 aliphatic rings. The zero-order valence-electron chi connectivity index (χ0n) is 19.4. The second-order valence-corrected chi connectivity index (χ2v) is 9.49. The number of phenolic OH excluding ortho intramolecular Hbond substituents is 1. The maximum atomic E-state index is 13.0. The van der Waals surface area contributed by atoms with Gasteiger partial charge in [-0.2, -0.15) is 0 Å². The van der Waals surface area contributed by atoms with E-state index < -0.39 is 5.63 Å². The van der Waals surface area contributed by atoms with Gasteiger partial charge in [-0.1, -0.05) is 30.3 Å². The highest BCUT2D eigenvalue weighted by molar-refractivity contribution is 7.13. The lowest BCUT2D eigenvalue weighted by Gasteiger charge is -2.31. The number of aromatic hydroxyl groups is 1. The highest BCUT2D eigenvalue weighted by Gasteiger charge is 2.27. The maximum Gasteiger partial charge on any atom is 0.346 e. The lowest BCUT2D eigenvalue weighted by molar-refractivity contribution is -0.149. The molecule has 7 nitrogen and oxygen atoms in total. The van der Waals surface area contributed by atoms with Gasteiger partial charge in [0, 0.05) is 22.9 Å². The summed E-state index contributed by atoms with van der Waals surface area (Å²) < 4.78 is 10.9. The van der Waals surface area contributed by atoms with Gasteiger partial charge >= 0.3 is 11.6 Å². The largest absolute Gasteiger partial charge is 0.507 e. The number of thiazole rings is 1. The predicted molar refractivity (Wildman–Crippen MR) is 135 cm³/mol. The average Bonchev–Trinajstić information content (AvgIpc) is 3.37.